The molecule has 0 aromatic heterocycles. The average molecular weight is 145 g/mol. The van der Waals surface area contributed by atoms with Crippen LogP contribution in [0.15, 0.2) is 11.5 Å². The van der Waals surface area contributed by atoms with Gasteiger partial charge in [0.2, 0.25) is 0 Å². The molecule has 5 nitrogen and oxygen atoms in total. The number of nitrogens with two attached hydrogens (primary N) is 1. The number of nitrogens with zero attached hydrogens (tertiary/aromatic N) is 1. The van der Waals surface area contributed by atoms with Gasteiger partial charge in [0, 0.05) is 7.05 Å². The van der Waals surface area contributed by atoms with Crippen LogP contribution in [0.2, 0.25) is 0 Å². The molecule has 5 heteroatoms. The van der Waals surface area contributed by atoms with Gasteiger partial charge < -0.3 is 15.4 Å². The van der Waals surface area contributed by atoms with E-state index in [0.717, 1.165) is 0 Å². The van der Waals surface area contributed by atoms with Crippen molar-refractivity contribution in [1.82, 2.24) is 5.32 Å². The molecule has 0 bridgehead atoms. The van der Waals surface area contributed by atoms with E-state index in [0.29, 0.717) is 12.1 Å². The lowest BCUT2D eigenvalue weighted by atomic mass is 10.3. The van der Waals surface area contributed by atoms with E-state index in [1.807, 2.05) is 0 Å². The zero-order chi connectivity index (χ0) is 8.15. The predicted molar refractivity (Wildman–Crippen MR) is 37.6 cm³/mol. The van der Waals surface area contributed by atoms with E-state index in [9.17, 15) is 10.1 Å². The number of hydrogen-bond acceptors (Lipinski definition) is 4. The molecular weight excluding hydrogens is 134 g/mol. The molecule has 0 saturated carbocycles. The Labute approximate surface area is 59.1 Å². The Balaban J connectivity index is 4.43. The quantitative estimate of drug-likeness (QED) is 0.433. The van der Waals surface area contributed by atoms with Crippen molar-refractivity contribution in [3.8, 4) is 0 Å². The van der Waals surface area contributed by atoms with Crippen molar-refractivity contribution in [3.05, 3.63) is 21.6 Å². The third kappa shape index (κ3) is 1.93. The van der Waals surface area contributed by atoms with E-state index in [-0.39, 0.29) is 5.82 Å². The van der Waals surface area contributed by atoms with Crippen LogP contribution >= 0.6 is 0 Å². The van der Waals surface area contributed by atoms with Gasteiger partial charge in [0.1, 0.15) is 5.70 Å². The summed E-state index contributed by atoms with van der Waals surface area (Å²) in [6, 6.07) is 0. The molecule has 0 heterocycles. The highest BCUT2D eigenvalue weighted by Crippen LogP contribution is 1.98. The lowest BCUT2D eigenvalue weighted by molar-refractivity contribution is -0.428. The fourth-order valence-electron chi connectivity index (χ4n) is 0.596. The largest absolute Gasteiger partial charge is 0.385 e. The van der Waals surface area contributed by atoms with Crippen LogP contribution in [0.4, 0.5) is 0 Å². The van der Waals surface area contributed by atoms with Crippen molar-refractivity contribution in [2.24, 2.45) is 5.73 Å². The molecule has 0 aliphatic carbocycles. The first-order valence-electron chi connectivity index (χ1n) is 2.94. The SMILES string of the molecule is CC/C(NC)=C(/N)[N+](=O)[O-]. The van der Waals surface area contributed by atoms with Gasteiger partial charge >= 0.3 is 5.82 Å². The first kappa shape index (κ1) is 8.74. The van der Waals surface area contributed by atoms with E-state index in [4.69, 9.17) is 5.73 Å². The highest BCUT2D eigenvalue weighted by Gasteiger charge is 2.06. The third-order valence-electron chi connectivity index (χ3n) is 1.16. The van der Waals surface area contributed by atoms with Gasteiger partial charge in [-0.2, -0.15) is 0 Å². The average Bonchev–Trinajstić information content (AvgIpc) is 1.90. The highest BCUT2D eigenvalue weighted by molar-refractivity contribution is 5.00. The number of nitrogens with one attached hydrogen (secondary N) is 1. The fourth-order valence-corrected chi connectivity index (χ4v) is 0.596. The zero-order valence-electron chi connectivity index (χ0n) is 6.05. The fraction of sp³-hybridized carbons (Fsp3) is 0.600. The molecule has 58 valence electrons. The monoisotopic (exact) mass is 145 g/mol. The number of allylic oxidation sites excluding steroid dienone is 1. The van der Waals surface area contributed by atoms with Gasteiger partial charge in [-0.3, -0.25) is 5.73 Å². The molecule has 0 aromatic carbocycles. The highest BCUT2D eigenvalue weighted by atomic mass is 16.6. The molecule has 0 aromatic rings. The van der Waals surface area contributed by atoms with Crippen LogP contribution in [0.25, 0.3) is 0 Å². The maximum atomic E-state index is 10.0. The predicted octanol–water partition coefficient (Wildman–Crippen LogP) is 0.0203. The van der Waals surface area contributed by atoms with Crippen LogP contribution in [-0.2, 0) is 0 Å². The van der Waals surface area contributed by atoms with Gasteiger partial charge in [-0.1, -0.05) is 6.92 Å². The van der Waals surface area contributed by atoms with Gasteiger partial charge in [-0.15, -0.1) is 0 Å². The van der Waals surface area contributed by atoms with E-state index in [1.165, 1.54) is 0 Å². The van der Waals surface area contributed by atoms with Crippen molar-refractivity contribution in [3.63, 3.8) is 0 Å². The van der Waals surface area contributed by atoms with Crippen LogP contribution in [0.3, 0.4) is 0 Å². The van der Waals surface area contributed by atoms with Crippen molar-refractivity contribution >= 4 is 0 Å². The summed E-state index contributed by atoms with van der Waals surface area (Å²) in [6.45, 7) is 1.79. The van der Waals surface area contributed by atoms with Gasteiger partial charge in [0.05, 0.1) is 0 Å². The van der Waals surface area contributed by atoms with Crippen molar-refractivity contribution < 1.29 is 4.92 Å². The summed E-state index contributed by atoms with van der Waals surface area (Å²) in [5.41, 5.74) is 5.56. The lowest BCUT2D eigenvalue weighted by Crippen LogP contribution is -2.19. The first-order valence-corrected chi connectivity index (χ1v) is 2.94. The van der Waals surface area contributed by atoms with Gasteiger partial charge in [0.15, 0.2) is 0 Å². The number of hydrogen-bond donors (Lipinski definition) is 2. The van der Waals surface area contributed by atoms with Crippen LogP contribution in [-0.4, -0.2) is 12.0 Å². The van der Waals surface area contributed by atoms with Crippen molar-refractivity contribution in [1.29, 1.82) is 0 Å². The van der Waals surface area contributed by atoms with Crippen LogP contribution in [0.1, 0.15) is 13.3 Å². The van der Waals surface area contributed by atoms with E-state index >= 15 is 0 Å². The van der Waals surface area contributed by atoms with Gasteiger partial charge in [-0.25, -0.2) is 0 Å². The molecule has 3 N–H and O–H groups in total. The molecule has 0 amide bonds. The standard InChI is InChI=1S/C5H11N3O2/c1-3-4(7-2)5(6)8(9)10/h7H,3,6H2,1-2H3/b5-4+. The second-order valence-electron chi connectivity index (χ2n) is 1.72. The summed E-state index contributed by atoms with van der Waals surface area (Å²) in [5, 5.41) is 12.7. The summed E-state index contributed by atoms with van der Waals surface area (Å²) in [7, 11) is 1.61. The van der Waals surface area contributed by atoms with Gasteiger partial charge in [0.25, 0.3) is 0 Å². The maximum Gasteiger partial charge on any atom is 0.333 e. The molecule has 0 aliphatic rings. The number of nitro groups is 1. The zero-order valence-corrected chi connectivity index (χ0v) is 6.05. The van der Waals surface area contributed by atoms with Crippen LogP contribution in [0.5, 0.6) is 0 Å². The molecule has 0 aliphatic heterocycles. The summed E-state index contributed by atoms with van der Waals surface area (Å²) in [6.07, 6.45) is 0.545. The van der Waals surface area contributed by atoms with Crippen molar-refractivity contribution in [2.45, 2.75) is 13.3 Å². The van der Waals surface area contributed by atoms with E-state index in [2.05, 4.69) is 5.32 Å². The summed E-state index contributed by atoms with van der Waals surface area (Å²) >= 11 is 0. The minimum atomic E-state index is -0.602. The van der Waals surface area contributed by atoms with E-state index in [1.54, 1.807) is 14.0 Å². The summed E-state index contributed by atoms with van der Waals surface area (Å²) < 4.78 is 0. The molecule has 10 heavy (non-hydrogen) atoms. The Hall–Kier alpha value is -1.26. The molecule has 0 rings (SSSR count). The molecule has 0 atom stereocenters. The topological polar surface area (TPSA) is 81.2 Å². The molecule has 0 radical (unpaired) electrons. The molecule has 0 saturated heterocycles. The Morgan fingerprint density at radius 1 is 1.80 bits per heavy atom. The molecule has 0 spiro atoms. The van der Waals surface area contributed by atoms with Crippen LogP contribution in [0, 0.1) is 10.1 Å². The summed E-state index contributed by atoms with van der Waals surface area (Å²) in [5.74, 6) is -0.301. The lowest BCUT2D eigenvalue weighted by Gasteiger charge is -2.02. The summed E-state index contributed by atoms with van der Waals surface area (Å²) in [4.78, 5) is 9.44. The third-order valence-corrected chi connectivity index (χ3v) is 1.16. The minimum Gasteiger partial charge on any atom is -0.385 e. The van der Waals surface area contributed by atoms with E-state index < -0.39 is 4.92 Å². The normalized spacial score (nSPS) is 12.2. The smallest absolute Gasteiger partial charge is 0.333 e. The Bertz CT molecular complexity index is 158. The molecule has 0 unspecified atom stereocenters. The Morgan fingerprint density at radius 2 is 2.30 bits per heavy atom. The first-order chi connectivity index (χ1) is 4.63. The Morgan fingerprint density at radius 3 is 2.40 bits per heavy atom. The second kappa shape index (κ2) is 3.71. The maximum absolute atomic E-state index is 10.0. The molecular formula is C5H11N3O2. The minimum absolute atomic E-state index is 0.301. The van der Waals surface area contributed by atoms with Crippen LogP contribution < -0.4 is 11.1 Å². The van der Waals surface area contributed by atoms with Crippen molar-refractivity contribution in [2.75, 3.05) is 7.05 Å². The number of rotatable bonds is 3. The molecule has 0 fully saturated rings. The van der Waals surface area contributed by atoms with Gasteiger partial charge in [-0.05, 0) is 11.3 Å². The second-order valence-corrected chi connectivity index (χ2v) is 1.72. The Kier molecular flexibility index (Phi) is 3.24.